The van der Waals surface area contributed by atoms with Crippen LogP contribution in [0.5, 0.6) is 11.5 Å². The number of aromatic hydroxyl groups is 2. The fourth-order valence-electron chi connectivity index (χ4n) is 4.64. The van der Waals surface area contributed by atoms with Crippen molar-refractivity contribution in [3.8, 4) is 11.5 Å². The largest absolute Gasteiger partial charge is 0.504 e. The Labute approximate surface area is 188 Å². The number of aromatic nitrogens is 2. The van der Waals surface area contributed by atoms with E-state index in [-0.39, 0.29) is 17.4 Å². The zero-order valence-electron chi connectivity index (χ0n) is 17.6. The maximum atomic E-state index is 11.3. The average Bonchev–Trinajstić information content (AvgIpc) is 3.13. The highest BCUT2D eigenvalue weighted by atomic mass is 79.9. The predicted molar refractivity (Wildman–Crippen MR) is 127 cm³/mol. The number of anilines is 1. The predicted octanol–water partition coefficient (Wildman–Crippen LogP) is 4.54. The van der Waals surface area contributed by atoms with E-state index in [1.54, 1.807) is 6.20 Å². The van der Waals surface area contributed by atoms with Gasteiger partial charge in [-0.1, -0.05) is 22.0 Å². The van der Waals surface area contributed by atoms with Crippen LogP contribution in [0.15, 0.2) is 47.3 Å². The van der Waals surface area contributed by atoms with Gasteiger partial charge in [0.2, 0.25) is 5.75 Å². The van der Waals surface area contributed by atoms with Gasteiger partial charge in [-0.2, -0.15) is 0 Å². The summed E-state index contributed by atoms with van der Waals surface area (Å²) in [7, 11) is 6.41. The van der Waals surface area contributed by atoms with Crippen LogP contribution in [0.3, 0.4) is 0 Å². The first kappa shape index (κ1) is 19.9. The van der Waals surface area contributed by atoms with Crippen molar-refractivity contribution < 1.29 is 19.7 Å². The fraction of sp³-hybridized carbons (Fsp3) is 0.208. The summed E-state index contributed by atoms with van der Waals surface area (Å²) in [5.41, 5.74) is 5.20. The van der Waals surface area contributed by atoms with Crippen molar-refractivity contribution in [2.24, 2.45) is 0 Å². The van der Waals surface area contributed by atoms with Crippen molar-refractivity contribution >= 4 is 49.5 Å². The number of nitrogens with zero attached hydrogens (tertiary/aromatic N) is 1. The minimum Gasteiger partial charge on any atom is -0.504 e. The molecule has 1 atom stereocenters. The topological polar surface area (TPSA) is 82.4 Å². The number of likely N-dealkylation sites (N-methyl/N-ethyl adjacent to an activating group) is 1. The Kier molecular flexibility index (Phi) is 4.50. The summed E-state index contributed by atoms with van der Waals surface area (Å²) >= 11 is 3.54. The molecule has 0 saturated heterocycles. The van der Waals surface area contributed by atoms with Gasteiger partial charge in [0, 0.05) is 39.4 Å². The number of fused-ring (bicyclic) bond motifs is 1. The number of hydrogen-bond acceptors (Lipinski definition) is 3. The number of phenols is 2. The second-order valence-corrected chi connectivity index (χ2v) is 10.0. The van der Waals surface area contributed by atoms with E-state index < -0.39 is 0 Å². The standard InChI is InChI=1S/C24H23BrN4O2/c1-29(2,3)12-17(16-11-28-19-10-13(25)4-5-14(16)19)20-15-6-8-26-18-7-9-27-22(21(15)18)24(31)23(20)30/h4-11,17,28H,12H2,1-3H3,(H2-,26,27,30,31)/p+2. The van der Waals surface area contributed by atoms with E-state index in [1.165, 1.54) is 0 Å². The van der Waals surface area contributed by atoms with Gasteiger partial charge in [0.15, 0.2) is 11.9 Å². The Morgan fingerprint density at radius 2 is 1.94 bits per heavy atom. The van der Waals surface area contributed by atoms with Crippen molar-refractivity contribution in [1.82, 2.24) is 4.98 Å². The van der Waals surface area contributed by atoms with E-state index in [0.717, 1.165) is 49.7 Å². The molecule has 0 radical (unpaired) electrons. The molecule has 0 fully saturated rings. The van der Waals surface area contributed by atoms with Crippen LogP contribution in [-0.4, -0.2) is 47.4 Å². The van der Waals surface area contributed by atoms with Crippen LogP contribution in [0.2, 0.25) is 0 Å². The Balaban J connectivity index is 1.85. The number of pyridine rings is 1. The second-order valence-electron chi connectivity index (χ2n) is 9.10. The summed E-state index contributed by atoms with van der Waals surface area (Å²) in [6, 6.07) is 8.11. The molecule has 3 heterocycles. The molecule has 6 nitrogen and oxygen atoms in total. The van der Waals surface area contributed by atoms with Crippen molar-refractivity contribution in [1.29, 1.82) is 0 Å². The van der Waals surface area contributed by atoms with E-state index in [9.17, 15) is 10.2 Å². The molecule has 31 heavy (non-hydrogen) atoms. The fourth-order valence-corrected chi connectivity index (χ4v) is 5.00. The lowest BCUT2D eigenvalue weighted by Gasteiger charge is -2.31. The summed E-state index contributed by atoms with van der Waals surface area (Å²) in [6.45, 7) is 0.738. The molecule has 0 spiro atoms. The van der Waals surface area contributed by atoms with Crippen molar-refractivity contribution in [2.75, 3.05) is 33.0 Å². The molecule has 1 unspecified atom stereocenters. The number of quaternary nitrogens is 1. The molecule has 5 N–H and O–H groups in total. The molecule has 158 valence electrons. The summed E-state index contributed by atoms with van der Waals surface area (Å²) in [4.78, 5) is 6.48. The maximum absolute atomic E-state index is 11.3. The van der Waals surface area contributed by atoms with Crippen molar-refractivity contribution in [3.63, 3.8) is 0 Å². The van der Waals surface area contributed by atoms with Gasteiger partial charge in [-0.25, -0.2) is 4.98 Å². The number of benzene rings is 2. The highest BCUT2D eigenvalue weighted by molar-refractivity contribution is 9.10. The van der Waals surface area contributed by atoms with Gasteiger partial charge in [0.1, 0.15) is 0 Å². The summed E-state index contributed by atoms with van der Waals surface area (Å²) in [5, 5.41) is 27.4. The van der Waals surface area contributed by atoms with Gasteiger partial charge in [-0.15, -0.1) is 0 Å². The highest BCUT2D eigenvalue weighted by Crippen LogP contribution is 2.48. The van der Waals surface area contributed by atoms with Crippen LogP contribution in [-0.2, 0) is 0 Å². The number of nitrogens with one attached hydrogen (secondary N) is 3. The molecule has 0 amide bonds. The Hall–Kier alpha value is -3.03. The first-order valence-corrected chi connectivity index (χ1v) is 11.0. The van der Waals surface area contributed by atoms with E-state index in [4.69, 9.17) is 0 Å². The lowest BCUT2D eigenvalue weighted by atomic mass is 9.83. The normalized spacial score (nSPS) is 14.2. The van der Waals surface area contributed by atoms with Crippen LogP contribution in [0.25, 0.3) is 27.9 Å². The molecule has 2 aromatic carbocycles. The summed E-state index contributed by atoms with van der Waals surface area (Å²) in [6.07, 6.45) is 7.64. The molecule has 0 bridgehead atoms. The zero-order chi connectivity index (χ0) is 21.9. The SMILES string of the molecule is C[N+](C)(C)CC(c1c(O)c(O)c2[nH+]ccc3c2c1C=CN3)c1c[nH]c2cc(Br)ccc12. The Morgan fingerprint density at radius 1 is 1.13 bits per heavy atom. The van der Waals surface area contributed by atoms with E-state index in [0.29, 0.717) is 10.00 Å². The molecular weight excluding hydrogens is 456 g/mol. The molecule has 1 aliphatic rings. The Bertz CT molecular complexity index is 1370. The number of halogens is 1. The van der Waals surface area contributed by atoms with E-state index in [2.05, 4.69) is 64.5 Å². The van der Waals surface area contributed by atoms with Gasteiger partial charge < -0.3 is 25.0 Å². The van der Waals surface area contributed by atoms with Crippen molar-refractivity contribution in [2.45, 2.75) is 5.92 Å². The zero-order valence-corrected chi connectivity index (χ0v) is 19.2. The van der Waals surface area contributed by atoms with Gasteiger partial charge in [-0.3, -0.25) is 0 Å². The molecular formula is C24H25BrN4O2+2. The van der Waals surface area contributed by atoms with E-state index in [1.807, 2.05) is 30.6 Å². The van der Waals surface area contributed by atoms with Crippen LogP contribution in [0.4, 0.5) is 5.69 Å². The summed E-state index contributed by atoms with van der Waals surface area (Å²) in [5.74, 6) is -0.343. The minimum atomic E-state index is -0.143. The number of hydrogen-bond donors (Lipinski definition) is 4. The minimum absolute atomic E-state index is 0.0765. The lowest BCUT2D eigenvalue weighted by molar-refractivity contribution is -0.871. The van der Waals surface area contributed by atoms with Crippen LogP contribution < -0.4 is 10.3 Å². The van der Waals surface area contributed by atoms with Gasteiger partial charge in [-0.05, 0) is 29.3 Å². The third kappa shape index (κ3) is 3.25. The smallest absolute Gasteiger partial charge is 0.259 e. The third-order valence-corrected chi connectivity index (χ3v) is 6.38. The first-order valence-electron chi connectivity index (χ1n) is 10.2. The van der Waals surface area contributed by atoms with E-state index >= 15 is 0 Å². The number of rotatable bonds is 4. The molecule has 2 aromatic heterocycles. The molecule has 5 rings (SSSR count). The number of phenolic OH excluding ortho intramolecular Hbond substituents is 2. The molecule has 1 aliphatic heterocycles. The number of aromatic amines is 2. The Morgan fingerprint density at radius 3 is 2.71 bits per heavy atom. The summed E-state index contributed by atoms with van der Waals surface area (Å²) < 4.78 is 1.70. The lowest BCUT2D eigenvalue weighted by Crippen LogP contribution is -2.39. The number of H-pyrrole nitrogens is 2. The van der Waals surface area contributed by atoms with Crippen LogP contribution in [0.1, 0.15) is 22.6 Å². The van der Waals surface area contributed by atoms with Gasteiger partial charge in [0.05, 0.1) is 44.7 Å². The van der Waals surface area contributed by atoms with Gasteiger partial charge >= 0.3 is 0 Å². The molecule has 4 aromatic rings. The highest BCUT2D eigenvalue weighted by Gasteiger charge is 2.34. The molecule has 0 aliphatic carbocycles. The third-order valence-electron chi connectivity index (χ3n) is 5.89. The second kappa shape index (κ2) is 7.00. The quantitative estimate of drug-likeness (QED) is 0.255. The monoisotopic (exact) mass is 480 g/mol. The van der Waals surface area contributed by atoms with Gasteiger partial charge in [0.25, 0.3) is 5.52 Å². The maximum Gasteiger partial charge on any atom is 0.259 e. The van der Waals surface area contributed by atoms with Crippen molar-refractivity contribution in [3.05, 3.63) is 64.0 Å². The molecule has 0 saturated carbocycles. The van der Waals surface area contributed by atoms with Crippen LogP contribution >= 0.6 is 15.9 Å². The molecule has 7 heteroatoms. The van der Waals surface area contributed by atoms with Crippen LogP contribution in [0, 0.1) is 0 Å². The average molecular weight is 481 g/mol. The first-order chi connectivity index (χ1) is 14.7.